The fraction of sp³-hybridized carbons (Fsp3) is 0.576. The van der Waals surface area contributed by atoms with E-state index in [0.29, 0.717) is 31.6 Å². The summed E-state index contributed by atoms with van der Waals surface area (Å²) in [5.41, 5.74) is 0.596. The summed E-state index contributed by atoms with van der Waals surface area (Å²) in [7, 11) is 0. The predicted octanol–water partition coefficient (Wildman–Crippen LogP) is 5.49. The number of rotatable bonds is 9. The van der Waals surface area contributed by atoms with E-state index in [1.165, 1.54) is 0 Å². The number of carbonyl (C=O) groups is 2. The molecule has 2 aliphatic rings. The minimum absolute atomic E-state index is 0.0349. The largest absolute Gasteiger partial charge is 0.444 e. The Labute approximate surface area is 233 Å². The van der Waals surface area contributed by atoms with Crippen LogP contribution in [0.4, 0.5) is 4.79 Å². The van der Waals surface area contributed by atoms with Gasteiger partial charge in [-0.2, -0.15) is 0 Å². The van der Waals surface area contributed by atoms with Gasteiger partial charge in [-0.1, -0.05) is 67.6 Å². The van der Waals surface area contributed by atoms with Gasteiger partial charge in [0.25, 0.3) is 0 Å². The van der Waals surface area contributed by atoms with Crippen molar-refractivity contribution in [2.24, 2.45) is 23.2 Å². The van der Waals surface area contributed by atoms with Gasteiger partial charge in [0.2, 0.25) is 0 Å². The smallest absolute Gasteiger partial charge is 0.407 e. The number of hydrogen-bond donors (Lipinski definition) is 3. The van der Waals surface area contributed by atoms with Crippen molar-refractivity contribution in [2.75, 3.05) is 0 Å². The molecule has 3 N–H and O–H groups in total. The van der Waals surface area contributed by atoms with E-state index in [9.17, 15) is 19.8 Å². The number of Topliss-reactive ketones (excluding diaryl/α,β-unsaturated/α-hetero) is 1. The Bertz CT molecular complexity index is 1090. The zero-order valence-electron chi connectivity index (χ0n) is 23.8. The molecule has 2 aliphatic carbocycles. The topological polar surface area (TPSA) is 95.9 Å². The normalized spacial score (nSPS) is 28.7. The highest BCUT2D eigenvalue weighted by atomic mass is 16.6. The number of amides is 1. The molecule has 39 heavy (non-hydrogen) atoms. The van der Waals surface area contributed by atoms with Gasteiger partial charge in [0.15, 0.2) is 0 Å². The summed E-state index contributed by atoms with van der Waals surface area (Å²) < 4.78 is 5.52. The minimum atomic E-state index is -0.963. The molecule has 0 bridgehead atoms. The minimum Gasteiger partial charge on any atom is -0.444 e. The van der Waals surface area contributed by atoms with Gasteiger partial charge >= 0.3 is 6.09 Å². The van der Waals surface area contributed by atoms with Crippen LogP contribution in [0.15, 0.2) is 60.7 Å². The van der Waals surface area contributed by atoms with Crippen LogP contribution in [0.3, 0.4) is 0 Å². The lowest BCUT2D eigenvalue weighted by molar-refractivity contribution is -0.133. The molecule has 0 spiro atoms. The molecule has 2 aromatic carbocycles. The number of aliphatic hydroxyl groups is 2. The molecule has 7 atom stereocenters. The van der Waals surface area contributed by atoms with Crippen molar-refractivity contribution in [2.45, 2.75) is 96.5 Å². The van der Waals surface area contributed by atoms with Crippen molar-refractivity contribution in [3.63, 3.8) is 0 Å². The molecule has 0 radical (unpaired) electrons. The molecule has 2 saturated carbocycles. The summed E-state index contributed by atoms with van der Waals surface area (Å²) in [6.45, 7) is 7.56. The second-order valence-electron chi connectivity index (χ2n) is 12.9. The van der Waals surface area contributed by atoms with Gasteiger partial charge in [0.1, 0.15) is 11.4 Å². The lowest BCUT2D eigenvalue weighted by atomic mass is 9.71. The van der Waals surface area contributed by atoms with Gasteiger partial charge in [-0.25, -0.2) is 4.79 Å². The molecule has 0 aliphatic heterocycles. The number of benzene rings is 2. The van der Waals surface area contributed by atoms with Crippen molar-refractivity contribution in [3.05, 3.63) is 71.8 Å². The van der Waals surface area contributed by atoms with E-state index >= 15 is 0 Å². The first-order valence-electron chi connectivity index (χ1n) is 14.5. The Balaban J connectivity index is 1.61. The number of aliphatic hydroxyl groups excluding tert-OH is 2. The van der Waals surface area contributed by atoms with Crippen LogP contribution < -0.4 is 5.32 Å². The number of nitrogens with one attached hydrogen (secondary N) is 1. The first kappa shape index (κ1) is 29.3. The van der Waals surface area contributed by atoms with Gasteiger partial charge in [-0.05, 0) is 88.7 Å². The average molecular weight is 536 g/mol. The summed E-state index contributed by atoms with van der Waals surface area (Å²) in [5.74, 6) is 0.206. The average Bonchev–Trinajstić information content (AvgIpc) is 3.36. The quantitative estimate of drug-likeness (QED) is 0.395. The van der Waals surface area contributed by atoms with Crippen molar-refractivity contribution >= 4 is 11.9 Å². The van der Waals surface area contributed by atoms with Crippen LogP contribution in [-0.4, -0.2) is 45.9 Å². The first-order chi connectivity index (χ1) is 18.5. The fourth-order valence-electron chi connectivity index (χ4n) is 6.90. The third-order valence-corrected chi connectivity index (χ3v) is 8.73. The summed E-state index contributed by atoms with van der Waals surface area (Å²) in [4.78, 5) is 27.1. The Hall–Kier alpha value is -2.70. The van der Waals surface area contributed by atoms with Crippen LogP contribution in [0.1, 0.15) is 70.9 Å². The molecule has 1 unspecified atom stereocenters. The Morgan fingerprint density at radius 2 is 1.64 bits per heavy atom. The summed E-state index contributed by atoms with van der Waals surface area (Å²) in [6.07, 6.45) is 2.23. The fourth-order valence-corrected chi connectivity index (χ4v) is 6.90. The van der Waals surface area contributed by atoms with Gasteiger partial charge in [-0.15, -0.1) is 0 Å². The monoisotopic (exact) mass is 535 g/mol. The van der Waals surface area contributed by atoms with E-state index in [1.807, 2.05) is 60.7 Å². The number of ether oxygens (including phenoxy) is 1. The zero-order chi connectivity index (χ0) is 28.2. The van der Waals surface area contributed by atoms with Crippen LogP contribution >= 0.6 is 0 Å². The molecule has 0 heterocycles. The van der Waals surface area contributed by atoms with Crippen LogP contribution in [0.5, 0.6) is 0 Å². The predicted molar refractivity (Wildman–Crippen MR) is 152 cm³/mol. The standard InChI is InChI=1S/C33H45NO5/c1-22-15-16-27(35)29(22)25-17-18-33(30(25)37,20-24-13-9-6-10-14-24)21-28(36)26(19-23-11-7-5-8-12-23)34-31(38)39-32(2,3)4/h5-14,22,25-29,35-36H,15-21H2,1-4H3,(H,34,38)/t22-,25?,26+,27-,28+,29-,33+/m1/s1. The molecule has 0 saturated heterocycles. The van der Waals surface area contributed by atoms with Crippen LogP contribution in [-0.2, 0) is 22.4 Å². The molecular formula is C33H45NO5. The summed E-state index contributed by atoms with van der Waals surface area (Å²) >= 11 is 0. The maximum absolute atomic E-state index is 14.3. The molecule has 1 amide bonds. The second kappa shape index (κ2) is 12.2. The van der Waals surface area contributed by atoms with Crippen molar-refractivity contribution < 1.29 is 24.5 Å². The van der Waals surface area contributed by atoms with Crippen molar-refractivity contribution in [3.8, 4) is 0 Å². The molecule has 2 aromatic rings. The molecule has 6 heteroatoms. The number of alkyl carbamates (subject to hydrolysis) is 1. The maximum Gasteiger partial charge on any atom is 0.407 e. The number of carbonyl (C=O) groups excluding carboxylic acids is 2. The first-order valence-corrected chi connectivity index (χ1v) is 14.5. The van der Waals surface area contributed by atoms with Crippen molar-refractivity contribution in [1.29, 1.82) is 0 Å². The number of ketones is 1. The highest BCUT2D eigenvalue weighted by Gasteiger charge is 2.54. The lowest BCUT2D eigenvalue weighted by Crippen LogP contribution is -2.49. The van der Waals surface area contributed by atoms with Gasteiger partial charge in [-0.3, -0.25) is 4.79 Å². The SMILES string of the molecule is C[C@@H]1CC[C@@H](O)[C@H]1C1CC[C@](Cc2ccccc2)(C[C@H](O)[C@H](Cc2ccccc2)NC(=O)OC(C)(C)C)C1=O. The molecule has 212 valence electrons. The third-order valence-electron chi connectivity index (χ3n) is 8.73. The molecule has 6 nitrogen and oxygen atoms in total. The van der Waals surface area contributed by atoms with Gasteiger partial charge in [0.05, 0.1) is 18.2 Å². The zero-order valence-corrected chi connectivity index (χ0v) is 23.8. The molecular weight excluding hydrogens is 490 g/mol. The van der Waals surface area contributed by atoms with Crippen LogP contribution in [0, 0.1) is 23.2 Å². The van der Waals surface area contributed by atoms with E-state index < -0.39 is 35.4 Å². The van der Waals surface area contributed by atoms with Gasteiger partial charge < -0.3 is 20.3 Å². The Morgan fingerprint density at radius 3 is 2.21 bits per heavy atom. The Kier molecular flexibility index (Phi) is 9.18. The summed E-state index contributed by atoms with van der Waals surface area (Å²) in [6, 6.07) is 19.1. The van der Waals surface area contributed by atoms with Gasteiger partial charge in [0, 0.05) is 11.3 Å². The number of hydrogen-bond acceptors (Lipinski definition) is 5. The lowest BCUT2D eigenvalue weighted by Gasteiger charge is -2.35. The van der Waals surface area contributed by atoms with E-state index in [4.69, 9.17) is 4.74 Å². The Morgan fingerprint density at radius 1 is 1.03 bits per heavy atom. The van der Waals surface area contributed by atoms with E-state index in [-0.39, 0.29) is 24.0 Å². The maximum atomic E-state index is 14.3. The highest BCUT2D eigenvalue weighted by Crippen LogP contribution is 2.51. The third kappa shape index (κ3) is 7.29. The van der Waals surface area contributed by atoms with E-state index in [2.05, 4.69) is 12.2 Å². The summed E-state index contributed by atoms with van der Waals surface area (Å²) in [5, 5.41) is 25.4. The van der Waals surface area contributed by atoms with Crippen LogP contribution in [0.25, 0.3) is 0 Å². The molecule has 4 rings (SSSR count). The van der Waals surface area contributed by atoms with E-state index in [1.54, 1.807) is 20.8 Å². The van der Waals surface area contributed by atoms with E-state index in [0.717, 1.165) is 24.0 Å². The molecule has 2 fully saturated rings. The second-order valence-corrected chi connectivity index (χ2v) is 12.9. The van der Waals surface area contributed by atoms with Crippen molar-refractivity contribution in [1.82, 2.24) is 5.32 Å². The van der Waals surface area contributed by atoms with Crippen LogP contribution in [0.2, 0.25) is 0 Å². The highest BCUT2D eigenvalue weighted by molar-refractivity contribution is 5.90. The molecule has 0 aromatic heterocycles.